The molecule has 0 bridgehead atoms. The number of phenols is 1. The van der Waals surface area contributed by atoms with Gasteiger partial charge in [-0.2, -0.15) is 0 Å². The van der Waals surface area contributed by atoms with Gasteiger partial charge in [-0.15, -0.1) is 0 Å². The van der Waals surface area contributed by atoms with Crippen LogP contribution in [0.5, 0.6) is 5.75 Å². The second-order valence-electron chi connectivity index (χ2n) is 5.48. The van der Waals surface area contributed by atoms with E-state index in [1.807, 2.05) is 30.3 Å². The van der Waals surface area contributed by atoms with Gasteiger partial charge in [-0.05, 0) is 29.8 Å². The fourth-order valence-corrected chi connectivity index (χ4v) is 2.67. The Morgan fingerprint density at radius 2 is 1.78 bits per heavy atom. The number of rotatable bonds is 3. The topological polar surface area (TPSA) is 68.7 Å². The summed E-state index contributed by atoms with van der Waals surface area (Å²) >= 11 is 0. The summed E-state index contributed by atoms with van der Waals surface area (Å²) in [6.45, 7) is 3.19. The largest absolute Gasteiger partial charge is 0.506 e. The molecule has 2 amide bonds. The third kappa shape index (κ3) is 3.71. The van der Waals surface area contributed by atoms with Crippen LogP contribution >= 0.6 is 0 Å². The van der Waals surface area contributed by atoms with Crippen LogP contribution in [0.1, 0.15) is 5.56 Å². The zero-order valence-electron chi connectivity index (χ0n) is 12.9. The summed E-state index contributed by atoms with van der Waals surface area (Å²) in [7, 11) is 0. The van der Waals surface area contributed by atoms with Crippen molar-refractivity contribution in [2.45, 2.75) is 6.54 Å². The van der Waals surface area contributed by atoms with Gasteiger partial charge in [0.05, 0.1) is 5.69 Å². The van der Waals surface area contributed by atoms with E-state index in [2.05, 4.69) is 15.2 Å². The van der Waals surface area contributed by atoms with Crippen molar-refractivity contribution in [2.75, 3.05) is 31.1 Å². The van der Waals surface area contributed by atoms with Crippen LogP contribution in [0.25, 0.3) is 0 Å². The fourth-order valence-electron chi connectivity index (χ4n) is 2.67. The average Bonchev–Trinajstić information content (AvgIpc) is 2.61. The first-order valence-electron chi connectivity index (χ1n) is 7.68. The number of carbonyl (C=O) groups excluding carboxylic acids is 1. The molecule has 6 nitrogen and oxygen atoms in total. The molecule has 2 heterocycles. The maximum Gasteiger partial charge on any atom is 0.317 e. The molecular formula is C17H20N4O2. The molecule has 0 saturated carbocycles. The van der Waals surface area contributed by atoms with Crippen molar-refractivity contribution in [3.8, 4) is 5.75 Å². The normalized spacial score (nSPS) is 14.6. The van der Waals surface area contributed by atoms with Crippen LogP contribution in [0, 0.1) is 0 Å². The Kier molecular flexibility index (Phi) is 4.61. The van der Waals surface area contributed by atoms with E-state index in [0.717, 1.165) is 11.3 Å². The van der Waals surface area contributed by atoms with Gasteiger partial charge in [0.2, 0.25) is 0 Å². The first-order chi connectivity index (χ1) is 11.2. The van der Waals surface area contributed by atoms with Gasteiger partial charge >= 0.3 is 6.03 Å². The molecule has 0 aliphatic carbocycles. The van der Waals surface area contributed by atoms with Crippen molar-refractivity contribution < 1.29 is 9.90 Å². The van der Waals surface area contributed by atoms with Crippen molar-refractivity contribution in [3.63, 3.8) is 0 Å². The number of phenolic OH excluding ortho intramolecular Hbond substituents is 1. The van der Waals surface area contributed by atoms with Gasteiger partial charge in [-0.25, -0.2) is 4.79 Å². The van der Waals surface area contributed by atoms with Crippen molar-refractivity contribution in [1.29, 1.82) is 0 Å². The van der Waals surface area contributed by atoms with E-state index in [4.69, 9.17) is 0 Å². The number of pyridine rings is 1. The summed E-state index contributed by atoms with van der Waals surface area (Å²) in [6.07, 6.45) is 3.43. The molecule has 1 aromatic carbocycles. The molecule has 120 valence electrons. The Labute approximate surface area is 135 Å². The number of benzene rings is 1. The van der Waals surface area contributed by atoms with Gasteiger partial charge in [0.15, 0.2) is 0 Å². The van der Waals surface area contributed by atoms with Crippen molar-refractivity contribution in [3.05, 3.63) is 54.4 Å². The second-order valence-corrected chi connectivity index (χ2v) is 5.48. The van der Waals surface area contributed by atoms with Gasteiger partial charge in [0.25, 0.3) is 0 Å². The van der Waals surface area contributed by atoms with Crippen LogP contribution in [0.4, 0.5) is 10.5 Å². The van der Waals surface area contributed by atoms with Crippen molar-refractivity contribution >= 4 is 11.7 Å². The number of hydrogen-bond donors (Lipinski definition) is 2. The van der Waals surface area contributed by atoms with E-state index in [1.165, 1.54) is 0 Å². The van der Waals surface area contributed by atoms with Gasteiger partial charge in [-0.1, -0.05) is 12.1 Å². The lowest BCUT2D eigenvalue weighted by molar-refractivity contribution is 0.194. The summed E-state index contributed by atoms with van der Waals surface area (Å²) in [5.41, 5.74) is 1.85. The first kappa shape index (κ1) is 15.1. The fraction of sp³-hybridized carbons (Fsp3) is 0.294. The molecule has 23 heavy (non-hydrogen) atoms. The van der Waals surface area contributed by atoms with E-state index in [0.29, 0.717) is 32.7 Å². The summed E-state index contributed by atoms with van der Waals surface area (Å²) in [4.78, 5) is 20.1. The van der Waals surface area contributed by atoms with Gasteiger partial charge in [0.1, 0.15) is 5.75 Å². The van der Waals surface area contributed by atoms with E-state index in [9.17, 15) is 9.90 Å². The monoisotopic (exact) mass is 312 g/mol. The van der Waals surface area contributed by atoms with Crippen LogP contribution in [0.3, 0.4) is 0 Å². The zero-order valence-corrected chi connectivity index (χ0v) is 12.9. The maximum absolute atomic E-state index is 12.2. The van der Waals surface area contributed by atoms with E-state index in [1.54, 1.807) is 23.4 Å². The number of para-hydroxylation sites is 2. The van der Waals surface area contributed by atoms with Crippen molar-refractivity contribution in [2.24, 2.45) is 0 Å². The Bertz CT molecular complexity index is 655. The molecule has 1 aliphatic rings. The zero-order chi connectivity index (χ0) is 16.1. The van der Waals surface area contributed by atoms with E-state index in [-0.39, 0.29) is 11.8 Å². The number of hydrogen-bond acceptors (Lipinski definition) is 4. The number of anilines is 1. The lowest BCUT2D eigenvalue weighted by Crippen LogP contribution is -2.51. The molecule has 0 atom stereocenters. The molecule has 6 heteroatoms. The molecule has 1 fully saturated rings. The molecule has 0 unspecified atom stereocenters. The van der Waals surface area contributed by atoms with Crippen LogP contribution in [0.15, 0.2) is 48.8 Å². The number of aromatic hydroxyl groups is 1. The minimum atomic E-state index is -0.0567. The number of nitrogens with zero attached hydrogens (tertiary/aromatic N) is 3. The predicted molar refractivity (Wildman–Crippen MR) is 88.4 cm³/mol. The van der Waals surface area contributed by atoms with E-state index < -0.39 is 0 Å². The maximum atomic E-state index is 12.2. The second kappa shape index (κ2) is 7.00. The minimum Gasteiger partial charge on any atom is -0.506 e. The third-order valence-corrected chi connectivity index (χ3v) is 3.98. The van der Waals surface area contributed by atoms with Crippen LogP contribution in [-0.2, 0) is 6.54 Å². The number of carbonyl (C=O) groups is 1. The lowest BCUT2D eigenvalue weighted by atomic mass is 10.2. The minimum absolute atomic E-state index is 0.0567. The average molecular weight is 312 g/mol. The summed E-state index contributed by atoms with van der Waals surface area (Å²) in [6, 6.07) is 11.0. The highest BCUT2D eigenvalue weighted by Gasteiger charge is 2.22. The summed E-state index contributed by atoms with van der Waals surface area (Å²) in [5.74, 6) is 0.281. The third-order valence-electron chi connectivity index (χ3n) is 3.98. The molecule has 0 spiro atoms. The Hall–Kier alpha value is -2.76. The predicted octanol–water partition coefficient (Wildman–Crippen LogP) is 1.82. The lowest BCUT2D eigenvalue weighted by Gasteiger charge is -2.36. The standard InChI is InChI=1S/C17H20N4O2/c22-16-4-2-1-3-15(16)20-9-11-21(12-10-20)17(23)19-13-14-5-7-18-8-6-14/h1-8,22H,9-13H2,(H,19,23). The van der Waals surface area contributed by atoms with Gasteiger partial charge in [-0.3, -0.25) is 4.98 Å². The number of piperazine rings is 1. The Morgan fingerprint density at radius 3 is 2.48 bits per heavy atom. The molecule has 2 aromatic rings. The SMILES string of the molecule is O=C(NCc1ccncc1)N1CCN(c2ccccc2O)CC1. The van der Waals surface area contributed by atoms with Gasteiger partial charge < -0.3 is 20.2 Å². The number of urea groups is 1. The van der Waals surface area contributed by atoms with Crippen LogP contribution in [-0.4, -0.2) is 47.2 Å². The smallest absolute Gasteiger partial charge is 0.317 e. The Balaban J connectivity index is 1.50. The molecule has 3 rings (SSSR count). The molecule has 1 aliphatic heterocycles. The highest BCUT2D eigenvalue weighted by molar-refractivity contribution is 5.74. The number of nitrogens with one attached hydrogen (secondary N) is 1. The van der Waals surface area contributed by atoms with E-state index >= 15 is 0 Å². The Morgan fingerprint density at radius 1 is 1.09 bits per heavy atom. The highest BCUT2D eigenvalue weighted by atomic mass is 16.3. The molecule has 0 radical (unpaired) electrons. The van der Waals surface area contributed by atoms with Crippen molar-refractivity contribution in [1.82, 2.24) is 15.2 Å². The van der Waals surface area contributed by atoms with Crippen LogP contribution < -0.4 is 10.2 Å². The molecule has 2 N–H and O–H groups in total. The van der Waals surface area contributed by atoms with Gasteiger partial charge in [0, 0.05) is 45.1 Å². The summed E-state index contributed by atoms with van der Waals surface area (Å²) < 4.78 is 0. The molecule has 1 saturated heterocycles. The molecule has 1 aromatic heterocycles. The summed E-state index contributed by atoms with van der Waals surface area (Å²) in [5, 5.41) is 12.8. The first-order valence-corrected chi connectivity index (χ1v) is 7.68. The number of amides is 2. The highest BCUT2D eigenvalue weighted by Crippen LogP contribution is 2.27. The number of aromatic nitrogens is 1. The van der Waals surface area contributed by atoms with Crippen LogP contribution in [0.2, 0.25) is 0 Å². The molecular weight excluding hydrogens is 292 g/mol. The quantitative estimate of drug-likeness (QED) is 0.907.